The molecule has 0 radical (unpaired) electrons. The van der Waals surface area contributed by atoms with Crippen LogP contribution in [0.1, 0.15) is 40.2 Å². The van der Waals surface area contributed by atoms with Crippen LogP contribution in [0, 0.1) is 0 Å². The third-order valence-corrected chi connectivity index (χ3v) is 3.19. The van der Waals surface area contributed by atoms with E-state index >= 15 is 0 Å². The molecule has 0 aliphatic carbocycles. The second-order valence-electron chi connectivity index (χ2n) is 5.81. The minimum absolute atomic E-state index is 0.146. The van der Waals surface area contributed by atoms with Crippen LogP contribution in [-0.4, -0.2) is 25.0 Å². The van der Waals surface area contributed by atoms with E-state index < -0.39 is 18.4 Å². The molecule has 0 spiro atoms. The van der Waals surface area contributed by atoms with Crippen LogP contribution >= 0.6 is 0 Å². The van der Waals surface area contributed by atoms with Gasteiger partial charge in [0.1, 0.15) is 0 Å². The van der Waals surface area contributed by atoms with Crippen LogP contribution < -0.4 is 0 Å². The predicted octanol–water partition coefficient (Wildman–Crippen LogP) is 3.84. The number of carbonyl (C=O) groups excluding carboxylic acids is 2. The Hall–Kier alpha value is -2.38. The zero-order valence-corrected chi connectivity index (χ0v) is 15.1. The second-order valence-corrected chi connectivity index (χ2v) is 5.81. The Labute approximate surface area is 147 Å². The van der Waals surface area contributed by atoms with Gasteiger partial charge >= 0.3 is 12.1 Å². The maximum atomic E-state index is 12.0. The highest BCUT2D eigenvalue weighted by Crippen LogP contribution is 2.26. The number of hydrogen-bond acceptors (Lipinski definition) is 7. The first-order valence-electron chi connectivity index (χ1n) is 7.89. The molecule has 0 saturated heterocycles. The highest BCUT2D eigenvalue weighted by molar-refractivity contribution is 5.87. The zero-order chi connectivity index (χ0) is 18.9. The van der Waals surface area contributed by atoms with Crippen LogP contribution in [-0.2, 0) is 34.5 Å². The fourth-order valence-electron chi connectivity index (χ4n) is 1.99. The van der Waals surface area contributed by atoms with E-state index in [9.17, 15) is 9.59 Å². The molecule has 1 aromatic carbocycles. The van der Waals surface area contributed by atoms with Gasteiger partial charge in [0.05, 0.1) is 6.61 Å². The van der Waals surface area contributed by atoms with E-state index in [1.807, 2.05) is 44.2 Å². The molecule has 7 heteroatoms. The minimum Gasteiger partial charge on any atom is -0.433 e. The van der Waals surface area contributed by atoms with Crippen LogP contribution in [0.5, 0.6) is 0 Å². The number of hydrogen-bond donors (Lipinski definition) is 0. The number of benzene rings is 1. The summed E-state index contributed by atoms with van der Waals surface area (Å²) >= 11 is 0. The van der Waals surface area contributed by atoms with Gasteiger partial charge in [0.2, 0.25) is 6.29 Å². The summed E-state index contributed by atoms with van der Waals surface area (Å²) < 4.78 is 4.49. The molecule has 0 heterocycles. The lowest BCUT2D eigenvalue weighted by atomic mass is 9.83. The molecule has 1 aromatic rings. The van der Waals surface area contributed by atoms with Crippen molar-refractivity contribution < 1.29 is 33.9 Å². The second kappa shape index (κ2) is 9.80. The van der Waals surface area contributed by atoms with Crippen molar-refractivity contribution in [1.82, 2.24) is 0 Å². The SMILES string of the molecule is CCOC(=O)OOC(C)OOC(=O)/C(C)=C\C(C)(C)c1ccccc1. The Morgan fingerprint density at radius 3 is 2.32 bits per heavy atom. The van der Waals surface area contributed by atoms with Crippen molar-refractivity contribution in [3.8, 4) is 0 Å². The number of rotatable bonds is 8. The van der Waals surface area contributed by atoms with Gasteiger partial charge in [-0.3, -0.25) is 9.78 Å². The van der Waals surface area contributed by atoms with Crippen molar-refractivity contribution in [2.24, 2.45) is 0 Å². The van der Waals surface area contributed by atoms with E-state index in [4.69, 9.17) is 4.89 Å². The molecule has 0 saturated carbocycles. The van der Waals surface area contributed by atoms with Gasteiger partial charge in [-0.15, -0.1) is 9.78 Å². The van der Waals surface area contributed by atoms with Crippen molar-refractivity contribution in [2.45, 2.75) is 46.3 Å². The number of carbonyl (C=O) groups is 2. The average molecular weight is 352 g/mol. The van der Waals surface area contributed by atoms with Crippen LogP contribution in [0.25, 0.3) is 0 Å². The summed E-state index contributed by atoms with van der Waals surface area (Å²) in [7, 11) is 0. The van der Waals surface area contributed by atoms with Crippen molar-refractivity contribution in [1.29, 1.82) is 0 Å². The largest absolute Gasteiger partial charge is 0.540 e. The molecule has 0 aliphatic rings. The monoisotopic (exact) mass is 352 g/mol. The molecular formula is C18H24O7. The number of ether oxygens (including phenoxy) is 1. The molecular weight excluding hydrogens is 328 g/mol. The highest BCUT2D eigenvalue weighted by atomic mass is 17.3. The normalized spacial score (nSPS) is 13.1. The summed E-state index contributed by atoms with van der Waals surface area (Å²) in [6.07, 6.45) is -0.331. The predicted molar refractivity (Wildman–Crippen MR) is 89.1 cm³/mol. The first kappa shape index (κ1) is 20.7. The third-order valence-electron chi connectivity index (χ3n) is 3.19. The van der Waals surface area contributed by atoms with E-state index in [2.05, 4.69) is 19.4 Å². The minimum atomic E-state index is -1.11. The molecule has 1 unspecified atom stereocenters. The fourth-order valence-corrected chi connectivity index (χ4v) is 1.99. The topological polar surface area (TPSA) is 80.3 Å². The Morgan fingerprint density at radius 2 is 1.72 bits per heavy atom. The highest BCUT2D eigenvalue weighted by Gasteiger charge is 2.21. The third kappa shape index (κ3) is 7.36. The number of allylic oxidation sites excluding steroid dienone is 1. The first-order valence-corrected chi connectivity index (χ1v) is 7.89. The van der Waals surface area contributed by atoms with Gasteiger partial charge in [-0.2, -0.15) is 0 Å². The quantitative estimate of drug-likeness (QED) is 0.231. The summed E-state index contributed by atoms with van der Waals surface area (Å²) in [6, 6.07) is 9.76. The Balaban J connectivity index is 2.52. The van der Waals surface area contributed by atoms with Crippen molar-refractivity contribution >= 4 is 12.1 Å². The van der Waals surface area contributed by atoms with Crippen molar-refractivity contribution in [3.05, 3.63) is 47.5 Å². The van der Waals surface area contributed by atoms with E-state index in [0.717, 1.165) is 5.56 Å². The Kier molecular flexibility index (Phi) is 8.10. The molecule has 0 N–H and O–H groups in total. The van der Waals surface area contributed by atoms with Crippen molar-refractivity contribution in [2.75, 3.05) is 6.61 Å². The van der Waals surface area contributed by atoms with Gasteiger partial charge in [-0.25, -0.2) is 9.59 Å². The van der Waals surface area contributed by atoms with E-state index in [-0.39, 0.29) is 12.0 Å². The zero-order valence-electron chi connectivity index (χ0n) is 15.1. The summed E-state index contributed by atoms with van der Waals surface area (Å²) in [4.78, 5) is 41.2. The summed E-state index contributed by atoms with van der Waals surface area (Å²) in [5.41, 5.74) is 1.06. The molecule has 1 rings (SSSR count). The molecule has 1 atom stereocenters. The van der Waals surface area contributed by atoms with Gasteiger partial charge in [0.25, 0.3) is 0 Å². The molecule has 25 heavy (non-hydrogen) atoms. The molecule has 0 aliphatic heterocycles. The smallest absolute Gasteiger partial charge is 0.433 e. The van der Waals surface area contributed by atoms with E-state index in [1.54, 1.807) is 19.9 Å². The Morgan fingerprint density at radius 1 is 1.12 bits per heavy atom. The summed E-state index contributed by atoms with van der Waals surface area (Å²) in [5.74, 6) is -0.671. The first-order chi connectivity index (χ1) is 11.8. The molecule has 0 amide bonds. The molecule has 138 valence electrons. The van der Waals surface area contributed by atoms with Gasteiger partial charge < -0.3 is 4.74 Å². The maximum Gasteiger partial charge on any atom is 0.540 e. The fraction of sp³-hybridized carbons (Fsp3) is 0.444. The van der Waals surface area contributed by atoms with Crippen LogP contribution in [0.15, 0.2) is 42.0 Å². The summed E-state index contributed by atoms with van der Waals surface area (Å²) in [6.45, 7) is 8.75. The van der Waals surface area contributed by atoms with Gasteiger partial charge in [0.15, 0.2) is 0 Å². The lowest BCUT2D eigenvalue weighted by Gasteiger charge is -2.21. The van der Waals surface area contributed by atoms with Gasteiger partial charge in [-0.05, 0) is 26.3 Å². The van der Waals surface area contributed by atoms with Gasteiger partial charge in [0, 0.05) is 11.0 Å². The molecule has 0 fully saturated rings. The maximum absolute atomic E-state index is 12.0. The average Bonchev–Trinajstić information content (AvgIpc) is 2.58. The molecule has 7 nitrogen and oxygen atoms in total. The lowest BCUT2D eigenvalue weighted by Crippen LogP contribution is -2.21. The van der Waals surface area contributed by atoms with Crippen LogP contribution in [0.3, 0.4) is 0 Å². The summed E-state index contributed by atoms with van der Waals surface area (Å²) in [5, 5.41) is 0. The Bertz CT molecular complexity index is 593. The molecule has 0 aromatic heterocycles. The van der Waals surface area contributed by atoms with E-state index in [1.165, 1.54) is 6.92 Å². The van der Waals surface area contributed by atoms with E-state index in [0.29, 0.717) is 5.57 Å². The van der Waals surface area contributed by atoms with Crippen LogP contribution in [0.4, 0.5) is 4.79 Å². The van der Waals surface area contributed by atoms with Crippen molar-refractivity contribution in [3.63, 3.8) is 0 Å². The standard InChI is InChI=1S/C18H24O7/c1-6-21-17(20)25-23-14(3)22-24-16(19)13(2)12-18(4,5)15-10-8-7-9-11-15/h7-12,14H,6H2,1-5H3/b13-12-. The van der Waals surface area contributed by atoms with Crippen LogP contribution in [0.2, 0.25) is 0 Å². The molecule has 0 bridgehead atoms. The lowest BCUT2D eigenvalue weighted by molar-refractivity contribution is -0.422. The van der Waals surface area contributed by atoms with Gasteiger partial charge in [-0.1, -0.05) is 50.3 Å².